The minimum atomic E-state index is -1.07. The van der Waals surface area contributed by atoms with Gasteiger partial charge in [-0.2, -0.15) is 4.39 Å². The molecule has 1 heterocycles. The van der Waals surface area contributed by atoms with Gasteiger partial charge in [-0.25, -0.2) is 13.2 Å². The first kappa shape index (κ1) is 24.9. The molecule has 2 nitrogen and oxygen atoms in total. The van der Waals surface area contributed by atoms with Crippen molar-refractivity contribution in [3.63, 3.8) is 0 Å². The Hall–Kier alpha value is -3.24. The number of hydrogen-bond acceptors (Lipinski definition) is 2. The molecule has 0 N–H and O–H groups in total. The Morgan fingerprint density at radius 2 is 1.49 bits per heavy atom. The van der Waals surface area contributed by atoms with Gasteiger partial charge in [0, 0.05) is 11.1 Å². The van der Waals surface area contributed by atoms with Gasteiger partial charge in [-0.05, 0) is 61.1 Å². The highest BCUT2D eigenvalue weighted by Gasteiger charge is 2.20. The lowest BCUT2D eigenvalue weighted by molar-refractivity contribution is 0.0221. The zero-order chi connectivity index (χ0) is 24.9. The highest BCUT2D eigenvalue weighted by Crippen LogP contribution is 2.32. The fraction of sp³-hybridized carbons (Fsp3) is 0.286. The third kappa shape index (κ3) is 5.38. The van der Waals surface area contributed by atoms with Crippen molar-refractivity contribution in [2.45, 2.75) is 32.2 Å². The molecule has 1 saturated heterocycles. The van der Waals surface area contributed by atoms with Crippen molar-refractivity contribution in [2.24, 2.45) is 5.92 Å². The van der Waals surface area contributed by atoms with E-state index < -0.39 is 23.3 Å². The summed E-state index contributed by atoms with van der Waals surface area (Å²) in [5.74, 6) is 1.84. The van der Waals surface area contributed by atoms with E-state index in [1.807, 2.05) is 0 Å². The van der Waals surface area contributed by atoms with Crippen molar-refractivity contribution < 1.29 is 27.0 Å². The minimum absolute atomic E-state index is 0.0315. The van der Waals surface area contributed by atoms with E-state index in [0.717, 1.165) is 19.2 Å². The predicted molar refractivity (Wildman–Crippen MR) is 131 cm³/mol. The fourth-order valence-electron chi connectivity index (χ4n) is 4.12. The molecule has 0 spiro atoms. The maximum atomic E-state index is 14.9. The lowest BCUT2D eigenvalue weighted by atomic mass is 9.86. The van der Waals surface area contributed by atoms with Crippen LogP contribution in [0, 0.1) is 41.0 Å². The molecule has 3 aromatic carbocycles. The number of ether oxygens (including phenoxy) is 2. The first-order valence-electron chi connectivity index (χ1n) is 11.8. The van der Waals surface area contributed by atoms with Crippen LogP contribution in [0.5, 0.6) is 5.75 Å². The van der Waals surface area contributed by atoms with E-state index in [0.29, 0.717) is 23.7 Å². The molecule has 2 atom stereocenters. The standard InChI is InChI=1S/C28H25BF4O2/c1-2-34-24-14-13-23(27(32)28(24)33)19-6-4-18(5-7-19)22-12-9-20(25(30)26(22)31)8-11-21-10-3-17(15-29)16-35-21/h4-7,9,12-14,17,21H,2-3,10,15-16,29H2,1H3. The van der Waals surface area contributed by atoms with Crippen LogP contribution in [-0.2, 0) is 4.74 Å². The van der Waals surface area contributed by atoms with Gasteiger partial charge in [-0.15, -0.1) is 0 Å². The smallest absolute Gasteiger partial charge is 0.201 e. The molecule has 3 aromatic rings. The van der Waals surface area contributed by atoms with E-state index >= 15 is 0 Å². The molecule has 0 aliphatic carbocycles. The van der Waals surface area contributed by atoms with E-state index in [9.17, 15) is 17.6 Å². The maximum absolute atomic E-state index is 14.9. The Kier molecular flexibility index (Phi) is 7.82. The Labute approximate surface area is 203 Å². The maximum Gasteiger partial charge on any atom is 0.201 e. The van der Waals surface area contributed by atoms with Crippen LogP contribution >= 0.6 is 0 Å². The Bertz CT molecular complexity index is 1260. The molecule has 7 heteroatoms. The van der Waals surface area contributed by atoms with Crippen LogP contribution in [0.3, 0.4) is 0 Å². The molecule has 0 radical (unpaired) electrons. The molecular weight excluding hydrogens is 455 g/mol. The molecule has 1 aliphatic heterocycles. The summed E-state index contributed by atoms with van der Waals surface area (Å²) in [6.45, 7) is 2.52. The van der Waals surface area contributed by atoms with Gasteiger partial charge in [0.15, 0.2) is 23.2 Å². The topological polar surface area (TPSA) is 18.5 Å². The molecular formula is C28H25BF4O2. The van der Waals surface area contributed by atoms with Gasteiger partial charge in [-0.1, -0.05) is 42.4 Å². The predicted octanol–water partition coefficient (Wildman–Crippen LogP) is 6.17. The van der Waals surface area contributed by atoms with E-state index in [4.69, 9.17) is 9.47 Å². The molecule has 1 aliphatic rings. The molecule has 1 fully saturated rings. The van der Waals surface area contributed by atoms with Crippen LogP contribution in [0.25, 0.3) is 22.3 Å². The fourth-order valence-corrected chi connectivity index (χ4v) is 4.12. The van der Waals surface area contributed by atoms with Gasteiger partial charge < -0.3 is 9.47 Å². The summed E-state index contributed by atoms with van der Waals surface area (Å²) < 4.78 is 69.1. The SMILES string of the molecule is BCC1CCC(C#Cc2ccc(-c3ccc(-c4ccc(OCC)c(F)c4F)cc3)c(F)c2F)OC1. The summed E-state index contributed by atoms with van der Waals surface area (Å²) in [6.07, 6.45) is 2.56. The average molecular weight is 480 g/mol. The van der Waals surface area contributed by atoms with Crippen LogP contribution in [0.1, 0.15) is 25.3 Å². The van der Waals surface area contributed by atoms with Crippen LogP contribution < -0.4 is 4.74 Å². The highest BCUT2D eigenvalue weighted by atomic mass is 19.2. The third-order valence-electron chi connectivity index (χ3n) is 6.25. The summed E-state index contributed by atoms with van der Waals surface area (Å²) in [6, 6.07) is 11.8. The van der Waals surface area contributed by atoms with Crippen LogP contribution in [0.2, 0.25) is 6.32 Å². The van der Waals surface area contributed by atoms with Crippen molar-refractivity contribution in [3.8, 4) is 39.8 Å². The van der Waals surface area contributed by atoms with Crippen molar-refractivity contribution in [2.75, 3.05) is 13.2 Å². The Balaban J connectivity index is 1.54. The van der Waals surface area contributed by atoms with E-state index in [2.05, 4.69) is 19.7 Å². The Morgan fingerprint density at radius 1 is 0.857 bits per heavy atom. The second-order valence-electron chi connectivity index (χ2n) is 8.48. The molecule has 0 bridgehead atoms. The minimum Gasteiger partial charge on any atom is -0.491 e. The summed E-state index contributed by atoms with van der Waals surface area (Å²) in [4.78, 5) is 0. The van der Waals surface area contributed by atoms with Crippen molar-refractivity contribution >= 4 is 7.85 Å². The van der Waals surface area contributed by atoms with Crippen molar-refractivity contribution in [3.05, 3.63) is 77.4 Å². The number of rotatable bonds is 5. The van der Waals surface area contributed by atoms with Crippen molar-refractivity contribution in [1.29, 1.82) is 0 Å². The van der Waals surface area contributed by atoms with Gasteiger partial charge in [0.05, 0.1) is 18.8 Å². The molecule has 0 saturated carbocycles. The zero-order valence-corrected chi connectivity index (χ0v) is 19.6. The largest absolute Gasteiger partial charge is 0.491 e. The first-order valence-corrected chi connectivity index (χ1v) is 11.8. The second kappa shape index (κ2) is 11.0. The zero-order valence-electron chi connectivity index (χ0n) is 19.6. The van der Waals surface area contributed by atoms with Gasteiger partial charge in [0.1, 0.15) is 14.0 Å². The lowest BCUT2D eigenvalue weighted by Crippen LogP contribution is -2.24. The molecule has 0 amide bonds. The van der Waals surface area contributed by atoms with Gasteiger partial charge in [-0.3, -0.25) is 0 Å². The third-order valence-corrected chi connectivity index (χ3v) is 6.25. The van der Waals surface area contributed by atoms with Crippen LogP contribution in [0.4, 0.5) is 17.6 Å². The van der Waals surface area contributed by atoms with Crippen LogP contribution in [-0.4, -0.2) is 27.2 Å². The number of benzene rings is 3. The van der Waals surface area contributed by atoms with E-state index in [1.54, 1.807) is 6.92 Å². The molecule has 0 aromatic heterocycles. The van der Waals surface area contributed by atoms with Gasteiger partial charge in [0.25, 0.3) is 0 Å². The first-order chi connectivity index (χ1) is 16.9. The van der Waals surface area contributed by atoms with E-state index in [1.165, 1.54) is 48.5 Å². The quantitative estimate of drug-likeness (QED) is 0.247. The number of hydrogen-bond donors (Lipinski definition) is 0. The Morgan fingerprint density at radius 3 is 2.06 bits per heavy atom. The number of halogens is 4. The normalized spacial score (nSPS) is 17.5. The second-order valence-corrected chi connectivity index (χ2v) is 8.48. The van der Waals surface area contributed by atoms with E-state index in [-0.39, 0.29) is 35.2 Å². The summed E-state index contributed by atoms with van der Waals surface area (Å²) in [7, 11) is 2.12. The highest BCUT2D eigenvalue weighted by molar-refractivity contribution is 6.08. The molecule has 180 valence electrons. The summed E-state index contributed by atoms with van der Waals surface area (Å²) in [5.41, 5.74) is 0.866. The van der Waals surface area contributed by atoms with Gasteiger partial charge in [0.2, 0.25) is 5.82 Å². The van der Waals surface area contributed by atoms with Gasteiger partial charge >= 0.3 is 0 Å². The lowest BCUT2D eigenvalue weighted by Gasteiger charge is -2.25. The van der Waals surface area contributed by atoms with Crippen LogP contribution in [0.15, 0.2) is 48.5 Å². The molecule has 4 rings (SSSR count). The summed E-state index contributed by atoms with van der Waals surface area (Å²) in [5, 5.41) is 0. The monoisotopic (exact) mass is 480 g/mol. The van der Waals surface area contributed by atoms with Crippen molar-refractivity contribution in [1.82, 2.24) is 0 Å². The molecule has 2 unspecified atom stereocenters. The molecule has 35 heavy (non-hydrogen) atoms. The summed E-state index contributed by atoms with van der Waals surface area (Å²) >= 11 is 0. The average Bonchev–Trinajstić information content (AvgIpc) is 2.88.